The molecular formula is C13H14N4O3S2. The molecule has 7 nitrogen and oxygen atoms in total. The zero-order valence-electron chi connectivity index (χ0n) is 11.9. The number of aromatic amines is 1. The topological polar surface area (TPSA) is 104 Å². The van der Waals surface area contributed by atoms with Gasteiger partial charge in [-0.05, 0) is 17.2 Å². The third-order valence-corrected chi connectivity index (χ3v) is 4.08. The van der Waals surface area contributed by atoms with Crippen LogP contribution in [0.4, 0.5) is 11.5 Å². The minimum atomic E-state index is -0.514. The molecule has 9 heteroatoms. The number of hydrogen-bond donors (Lipinski definition) is 3. The van der Waals surface area contributed by atoms with E-state index in [4.69, 9.17) is 0 Å². The third kappa shape index (κ3) is 3.95. The smallest absolute Gasteiger partial charge is 0.277 e. The van der Waals surface area contributed by atoms with Gasteiger partial charge < -0.3 is 10.6 Å². The average molecular weight is 338 g/mol. The normalized spacial score (nSPS) is 10.3. The van der Waals surface area contributed by atoms with Crippen LogP contribution in [0.2, 0.25) is 0 Å². The molecule has 0 aliphatic heterocycles. The van der Waals surface area contributed by atoms with Crippen LogP contribution in [0.5, 0.6) is 0 Å². The van der Waals surface area contributed by atoms with Crippen molar-refractivity contribution in [1.82, 2.24) is 9.97 Å². The van der Waals surface area contributed by atoms with Gasteiger partial charge in [0.1, 0.15) is 0 Å². The van der Waals surface area contributed by atoms with Crippen LogP contribution in [0.1, 0.15) is 23.5 Å². The van der Waals surface area contributed by atoms with Crippen LogP contribution in [0.15, 0.2) is 27.5 Å². The monoisotopic (exact) mass is 338 g/mol. The van der Waals surface area contributed by atoms with E-state index in [9.17, 15) is 14.4 Å². The number of nitrogens with one attached hydrogen (secondary N) is 3. The highest BCUT2D eigenvalue weighted by atomic mass is 32.2. The number of thiophene rings is 1. The molecule has 22 heavy (non-hydrogen) atoms. The maximum atomic E-state index is 12.2. The fourth-order valence-corrected chi connectivity index (χ4v) is 2.83. The molecule has 0 saturated heterocycles. The Hall–Kier alpha value is -2.13. The predicted molar refractivity (Wildman–Crippen MR) is 87.8 cm³/mol. The van der Waals surface area contributed by atoms with E-state index >= 15 is 0 Å². The van der Waals surface area contributed by atoms with Crippen molar-refractivity contribution in [2.24, 2.45) is 0 Å². The van der Waals surface area contributed by atoms with Gasteiger partial charge in [-0.25, -0.2) is 4.98 Å². The molecule has 116 valence electrons. The van der Waals surface area contributed by atoms with E-state index in [-0.39, 0.29) is 17.4 Å². The fraction of sp³-hybridized carbons (Fsp3) is 0.231. The summed E-state index contributed by atoms with van der Waals surface area (Å²) in [5.41, 5.74) is -0.589. The van der Waals surface area contributed by atoms with Crippen LogP contribution >= 0.6 is 23.1 Å². The van der Waals surface area contributed by atoms with Gasteiger partial charge in [0.2, 0.25) is 5.91 Å². The molecule has 0 aromatic carbocycles. The first kappa shape index (κ1) is 16.2. The number of anilines is 2. The van der Waals surface area contributed by atoms with E-state index < -0.39 is 11.5 Å². The summed E-state index contributed by atoms with van der Waals surface area (Å²) >= 11 is 2.58. The third-order valence-electron chi connectivity index (χ3n) is 2.46. The number of amides is 2. The number of hydrogen-bond acceptors (Lipinski definition) is 6. The number of carbonyl (C=O) groups excluding carboxylic acids is 2. The molecule has 3 N–H and O–H groups in total. The number of aromatic nitrogens is 2. The Bertz CT molecular complexity index is 740. The lowest BCUT2D eigenvalue weighted by Gasteiger charge is -2.10. The molecule has 2 heterocycles. The molecule has 2 rings (SSSR count). The number of rotatable bonds is 5. The van der Waals surface area contributed by atoms with Gasteiger partial charge >= 0.3 is 0 Å². The highest BCUT2D eigenvalue weighted by Gasteiger charge is 2.17. The summed E-state index contributed by atoms with van der Waals surface area (Å²) in [5.74, 6) is -0.0531. The summed E-state index contributed by atoms with van der Waals surface area (Å²) in [6.07, 6.45) is 0. The lowest BCUT2D eigenvalue weighted by molar-refractivity contribution is -0.114. The SMILES string of the molecule is CCSc1nc(NC(C)=O)c(NC(=O)c2cccs2)c(=O)[nH]1. The first-order chi connectivity index (χ1) is 10.5. The molecule has 2 aromatic rings. The molecule has 0 saturated carbocycles. The van der Waals surface area contributed by atoms with E-state index in [1.807, 2.05) is 6.92 Å². The Morgan fingerprint density at radius 2 is 2.18 bits per heavy atom. The Kier molecular flexibility index (Phi) is 5.34. The van der Waals surface area contributed by atoms with Crippen LogP contribution in [-0.2, 0) is 4.79 Å². The van der Waals surface area contributed by atoms with Gasteiger partial charge in [-0.15, -0.1) is 11.3 Å². The summed E-state index contributed by atoms with van der Waals surface area (Å²) in [6, 6.07) is 3.37. The standard InChI is InChI=1S/C13H14N4O3S2/c1-3-21-13-16-10(14-7(2)18)9(12(20)17-13)15-11(19)8-5-4-6-22-8/h4-6H,3H2,1-2H3,(H,15,19)(H2,14,16,17,18,20). The van der Waals surface area contributed by atoms with E-state index in [1.54, 1.807) is 17.5 Å². The second-order valence-corrected chi connectivity index (χ2v) is 6.34. The summed E-state index contributed by atoms with van der Waals surface area (Å²) in [5, 5.41) is 7.10. The van der Waals surface area contributed by atoms with Crippen LogP contribution in [0.25, 0.3) is 0 Å². The maximum Gasteiger partial charge on any atom is 0.277 e. The van der Waals surface area contributed by atoms with Gasteiger partial charge in [0.05, 0.1) is 4.88 Å². The van der Waals surface area contributed by atoms with E-state index in [0.29, 0.717) is 15.8 Å². The maximum absolute atomic E-state index is 12.2. The van der Waals surface area contributed by atoms with E-state index in [0.717, 1.165) is 0 Å². The van der Waals surface area contributed by atoms with Crippen molar-refractivity contribution in [3.63, 3.8) is 0 Å². The first-order valence-electron chi connectivity index (χ1n) is 6.40. The van der Waals surface area contributed by atoms with Gasteiger partial charge in [0.15, 0.2) is 16.7 Å². The number of nitrogens with zero attached hydrogens (tertiary/aromatic N) is 1. The number of carbonyl (C=O) groups is 2. The Morgan fingerprint density at radius 1 is 1.41 bits per heavy atom. The Balaban J connectivity index is 2.37. The van der Waals surface area contributed by atoms with Gasteiger partial charge in [-0.2, -0.15) is 0 Å². The second kappa shape index (κ2) is 7.23. The van der Waals surface area contributed by atoms with Crippen molar-refractivity contribution >= 4 is 46.4 Å². The molecule has 0 fully saturated rings. The quantitative estimate of drug-likeness (QED) is 0.572. The average Bonchev–Trinajstić information content (AvgIpc) is 2.96. The van der Waals surface area contributed by atoms with Crippen molar-refractivity contribution in [2.75, 3.05) is 16.4 Å². The molecule has 0 atom stereocenters. The molecule has 0 unspecified atom stereocenters. The fourth-order valence-electron chi connectivity index (χ4n) is 1.61. The van der Waals surface area contributed by atoms with Crippen molar-refractivity contribution < 1.29 is 9.59 Å². The molecule has 0 aliphatic rings. The molecule has 0 radical (unpaired) electrons. The zero-order chi connectivity index (χ0) is 16.1. The summed E-state index contributed by atoms with van der Waals surface area (Å²) in [6.45, 7) is 3.22. The van der Waals surface area contributed by atoms with Crippen LogP contribution in [-0.4, -0.2) is 27.5 Å². The molecular weight excluding hydrogens is 324 g/mol. The van der Waals surface area contributed by atoms with Crippen molar-refractivity contribution in [3.8, 4) is 0 Å². The highest BCUT2D eigenvalue weighted by Crippen LogP contribution is 2.20. The molecule has 0 aliphatic carbocycles. The summed E-state index contributed by atoms with van der Waals surface area (Å²) in [7, 11) is 0. The first-order valence-corrected chi connectivity index (χ1v) is 8.27. The van der Waals surface area contributed by atoms with Gasteiger partial charge in [-0.1, -0.05) is 24.8 Å². The van der Waals surface area contributed by atoms with Crippen LogP contribution in [0.3, 0.4) is 0 Å². The Morgan fingerprint density at radius 3 is 2.77 bits per heavy atom. The van der Waals surface area contributed by atoms with Crippen LogP contribution < -0.4 is 16.2 Å². The van der Waals surface area contributed by atoms with E-state index in [2.05, 4.69) is 20.6 Å². The zero-order valence-corrected chi connectivity index (χ0v) is 13.6. The van der Waals surface area contributed by atoms with Crippen LogP contribution in [0, 0.1) is 0 Å². The number of thioether (sulfide) groups is 1. The highest BCUT2D eigenvalue weighted by molar-refractivity contribution is 7.99. The number of H-pyrrole nitrogens is 1. The molecule has 0 bridgehead atoms. The summed E-state index contributed by atoms with van der Waals surface area (Å²) < 4.78 is 0. The lowest BCUT2D eigenvalue weighted by atomic mass is 10.4. The molecule has 2 amide bonds. The minimum Gasteiger partial charge on any atom is -0.314 e. The van der Waals surface area contributed by atoms with Gasteiger partial charge in [-0.3, -0.25) is 19.4 Å². The Labute approximate surface area is 134 Å². The molecule has 0 spiro atoms. The summed E-state index contributed by atoms with van der Waals surface area (Å²) in [4.78, 5) is 42.7. The van der Waals surface area contributed by atoms with Gasteiger partial charge in [0.25, 0.3) is 11.5 Å². The second-order valence-electron chi connectivity index (χ2n) is 4.14. The van der Waals surface area contributed by atoms with Gasteiger partial charge in [0, 0.05) is 6.92 Å². The van der Waals surface area contributed by atoms with Crippen molar-refractivity contribution in [1.29, 1.82) is 0 Å². The molecule has 2 aromatic heterocycles. The van der Waals surface area contributed by atoms with Crippen molar-refractivity contribution in [2.45, 2.75) is 19.0 Å². The predicted octanol–water partition coefficient (Wildman–Crippen LogP) is 2.15. The van der Waals surface area contributed by atoms with E-state index in [1.165, 1.54) is 30.0 Å². The minimum absolute atomic E-state index is 0.0390. The lowest BCUT2D eigenvalue weighted by Crippen LogP contribution is -2.24. The largest absolute Gasteiger partial charge is 0.314 e. The van der Waals surface area contributed by atoms with Crippen molar-refractivity contribution in [3.05, 3.63) is 32.7 Å².